The van der Waals surface area contributed by atoms with Crippen molar-refractivity contribution in [2.24, 2.45) is 5.73 Å². The quantitative estimate of drug-likeness (QED) is 0.905. The van der Waals surface area contributed by atoms with E-state index in [4.69, 9.17) is 21.9 Å². The second-order valence-electron chi connectivity index (χ2n) is 5.24. The number of hydrogen-bond donors (Lipinski definition) is 1. The molecule has 4 nitrogen and oxygen atoms in total. The molecular weight excluding hydrogens is 342 g/mol. The van der Waals surface area contributed by atoms with E-state index in [2.05, 4.69) is 26.1 Å². The lowest BCUT2D eigenvalue weighted by Crippen LogP contribution is -2.32. The molecular formula is C14H15BrClN3O. The first-order chi connectivity index (χ1) is 9.64. The zero-order chi connectivity index (χ0) is 14.2. The summed E-state index contributed by atoms with van der Waals surface area (Å²) in [5.74, 6) is 1.25. The van der Waals surface area contributed by atoms with E-state index in [0.29, 0.717) is 23.3 Å². The minimum absolute atomic E-state index is 0.130. The molecule has 0 radical (unpaired) electrons. The summed E-state index contributed by atoms with van der Waals surface area (Å²) in [7, 11) is 0. The third kappa shape index (κ3) is 2.38. The molecule has 106 valence electrons. The van der Waals surface area contributed by atoms with E-state index >= 15 is 0 Å². The van der Waals surface area contributed by atoms with Gasteiger partial charge in [-0.25, -0.2) is 0 Å². The van der Waals surface area contributed by atoms with Gasteiger partial charge in [0.05, 0.1) is 10.4 Å². The summed E-state index contributed by atoms with van der Waals surface area (Å²) in [5, 5.41) is 4.75. The fourth-order valence-corrected chi connectivity index (χ4v) is 3.24. The normalized spacial score (nSPS) is 17.6. The van der Waals surface area contributed by atoms with Crippen molar-refractivity contribution >= 4 is 27.5 Å². The van der Waals surface area contributed by atoms with Gasteiger partial charge in [-0.15, -0.1) is 0 Å². The molecule has 0 unspecified atom stereocenters. The van der Waals surface area contributed by atoms with Crippen LogP contribution in [0.4, 0.5) is 0 Å². The summed E-state index contributed by atoms with van der Waals surface area (Å²) < 4.78 is 6.29. The fourth-order valence-electron chi connectivity index (χ4n) is 2.75. The number of hydrogen-bond acceptors (Lipinski definition) is 4. The van der Waals surface area contributed by atoms with Crippen molar-refractivity contribution in [1.82, 2.24) is 10.1 Å². The zero-order valence-electron chi connectivity index (χ0n) is 10.9. The van der Waals surface area contributed by atoms with Crippen molar-refractivity contribution < 1.29 is 4.52 Å². The first-order valence-corrected chi connectivity index (χ1v) is 7.81. The number of nitrogens with two attached hydrogens (primary N) is 1. The van der Waals surface area contributed by atoms with E-state index < -0.39 is 0 Å². The highest BCUT2D eigenvalue weighted by molar-refractivity contribution is 9.10. The van der Waals surface area contributed by atoms with E-state index in [0.717, 1.165) is 22.9 Å². The van der Waals surface area contributed by atoms with Gasteiger partial charge >= 0.3 is 0 Å². The largest absolute Gasteiger partial charge is 0.338 e. The summed E-state index contributed by atoms with van der Waals surface area (Å²) in [6.45, 7) is 0.555. The molecule has 20 heavy (non-hydrogen) atoms. The second kappa shape index (κ2) is 5.47. The van der Waals surface area contributed by atoms with Gasteiger partial charge in [-0.05, 0) is 47.0 Å². The van der Waals surface area contributed by atoms with Gasteiger partial charge in [0.2, 0.25) is 11.7 Å². The van der Waals surface area contributed by atoms with Gasteiger partial charge in [-0.2, -0.15) is 4.98 Å². The van der Waals surface area contributed by atoms with E-state index in [1.807, 2.05) is 18.2 Å². The summed E-state index contributed by atoms with van der Waals surface area (Å²) >= 11 is 9.40. The Bertz CT molecular complexity index is 623. The number of aromatic nitrogens is 2. The molecule has 0 bridgehead atoms. The SMILES string of the molecule is NCC1(c2nc(-c3ccc(Cl)c(Br)c3)no2)CCCC1. The average molecular weight is 357 g/mol. The van der Waals surface area contributed by atoms with Gasteiger partial charge < -0.3 is 10.3 Å². The number of benzene rings is 1. The van der Waals surface area contributed by atoms with Crippen LogP contribution in [0.5, 0.6) is 0 Å². The Morgan fingerprint density at radius 2 is 2.10 bits per heavy atom. The van der Waals surface area contributed by atoms with Gasteiger partial charge in [-0.1, -0.05) is 29.6 Å². The van der Waals surface area contributed by atoms with Crippen molar-refractivity contribution in [2.45, 2.75) is 31.1 Å². The van der Waals surface area contributed by atoms with Crippen molar-refractivity contribution in [3.63, 3.8) is 0 Å². The Balaban J connectivity index is 1.95. The molecule has 0 aliphatic heterocycles. The molecule has 1 fully saturated rings. The molecule has 1 aromatic heterocycles. The van der Waals surface area contributed by atoms with Crippen LogP contribution in [0.15, 0.2) is 27.2 Å². The zero-order valence-corrected chi connectivity index (χ0v) is 13.2. The molecule has 0 atom stereocenters. The van der Waals surface area contributed by atoms with Crippen LogP contribution in [0.2, 0.25) is 5.02 Å². The number of rotatable bonds is 3. The highest BCUT2D eigenvalue weighted by Gasteiger charge is 2.39. The molecule has 0 amide bonds. The van der Waals surface area contributed by atoms with Gasteiger partial charge in [-0.3, -0.25) is 0 Å². The lowest BCUT2D eigenvalue weighted by molar-refractivity contribution is 0.284. The summed E-state index contributed by atoms with van der Waals surface area (Å²) in [5.41, 5.74) is 6.69. The van der Waals surface area contributed by atoms with Gasteiger partial charge in [0, 0.05) is 16.6 Å². The van der Waals surface area contributed by atoms with E-state index in [-0.39, 0.29) is 5.41 Å². The third-order valence-electron chi connectivity index (χ3n) is 4.01. The topological polar surface area (TPSA) is 64.9 Å². The highest BCUT2D eigenvalue weighted by Crippen LogP contribution is 2.40. The predicted molar refractivity (Wildman–Crippen MR) is 81.6 cm³/mol. The molecule has 2 aromatic rings. The monoisotopic (exact) mass is 355 g/mol. The lowest BCUT2D eigenvalue weighted by Gasteiger charge is -2.21. The van der Waals surface area contributed by atoms with Crippen molar-refractivity contribution in [1.29, 1.82) is 0 Å². The first kappa shape index (κ1) is 14.0. The molecule has 6 heteroatoms. The average Bonchev–Trinajstić information content (AvgIpc) is 3.10. The van der Waals surface area contributed by atoms with Crippen LogP contribution < -0.4 is 5.73 Å². The fraction of sp³-hybridized carbons (Fsp3) is 0.429. The molecule has 1 aliphatic rings. The van der Waals surface area contributed by atoms with Crippen LogP contribution in [0, 0.1) is 0 Å². The third-order valence-corrected chi connectivity index (χ3v) is 5.22. The Morgan fingerprint density at radius 1 is 1.35 bits per heavy atom. The second-order valence-corrected chi connectivity index (χ2v) is 6.51. The Labute approximate surface area is 130 Å². The maximum Gasteiger partial charge on any atom is 0.234 e. The van der Waals surface area contributed by atoms with Crippen LogP contribution >= 0.6 is 27.5 Å². The Kier molecular flexibility index (Phi) is 3.84. The van der Waals surface area contributed by atoms with Crippen LogP contribution in [0.1, 0.15) is 31.6 Å². The molecule has 2 N–H and O–H groups in total. The summed E-state index contributed by atoms with van der Waals surface area (Å²) in [6.07, 6.45) is 4.38. The van der Waals surface area contributed by atoms with E-state index in [1.54, 1.807) is 0 Å². The summed E-state index contributed by atoms with van der Waals surface area (Å²) in [6, 6.07) is 5.58. The van der Waals surface area contributed by atoms with Crippen LogP contribution in [-0.2, 0) is 5.41 Å². The maximum atomic E-state index is 5.99. The standard InChI is InChI=1S/C14H15BrClN3O/c15-10-7-9(3-4-11(10)16)12-18-13(20-19-12)14(8-17)5-1-2-6-14/h3-4,7H,1-2,5-6,8,17H2. The summed E-state index contributed by atoms with van der Waals surface area (Å²) in [4.78, 5) is 4.55. The molecule has 1 aliphatic carbocycles. The van der Waals surface area contributed by atoms with Crippen molar-refractivity contribution in [3.05, 3.63) is 33.6 Å². The predicted octanol–water partition coefficient (Wildman–Crippen LogP) is 3.92. The van der Waals surface area contributed by atoms with Crippen LogP contribution in [-0.4, -0.2) is 16.7 Å². The first-order valence-electron chi connectivity index (χ1n) is 6.64. The molecule has 1 saturated carbocycles. The molecule has 0 spiro atoms. The van der Waals surface area contributed by atoms with Crippen molar-refractivity contribution in [3.8, 4) is 11.4 Å². The molecule has 0 saturated heterocycles. The molecule has 1 aromatic carbocycles. The van der Waals surface area contributed by atoms with Gasteiger partial charge in [0.15, 0.2) is 0 Å². The minimum Gasteiger partial charge on any atom is -0.338 e. The minimum atomic E-state index is -0.130. The maximum absolute atomic E-state index is 5.99. The van der Waals surface area contributed by atoms with Crippen LogP contribution in [0.3, 0.4) is 0 Å². The van der Waals surface area contributed by atoms with Crippen LogP contribution in [0.25, 0.3) is 11.4 Å². The smallest absolute Gasteiger partial charge is 0.234 e. The van der Waals surface area contributed by atoms with Gasteiger partial charge in [0.1, 0.15) is 0 Å². The highest BCUT2D eigenvalue weighted by atomic mass is 79.9. The molecule has 1 heterocycles. The van der Waals surface area contributed by atoms with Crippen molar-refractivity contribution in [2.75, 3.05) is 6.54 Å². The number of halogens is 2. The number of nitrogens with zero attached hydrogens (tertiary/aromatic N) is 2. The van der Waals surface area contributed by atoms with Gasteiger partial charge in [0.25, 0.3) is 0 Å². The van der Waals surface area contributed by atoms with E-state index in [1.165, 1.54) is 12.8 Å². The lowest BCUT2D eigenvalue weighted by atomic mass is 9.86. The van der Waals surface area contributed by atoms with E-state index in [9.17, 15) is 0 Å². The Hall–Kier alpha value is -0.910. The Morgan fingerprint density at radius 3 is 2.75 bits per heavy atom. The molecule has 3 rings (SSSR count).